The number of thiazole rings is 1. The number of hydrogen-bond donors (Lipinski definition) is 1. The van der Waals surface area contributed by atoms with Crippen molar-refractivity contribution in [2.75, 3.05) is 5.32 Å². The minimum Gasteiger partial charge on any atom is -0.332 e. The monoisotopic (exact) mass is 268 g/mol. The molecule has 0 fully saturated rings. The summed E-state index contributed by atoms with van der Waals surface area (Å²) in [5.74, 6) is 0. The largest absolute Gasteiger partial charge is 0.332 e. The van der Waals surface area contributed by atoms with Gasteiger partial charge < -0.3 is 5.32 Å². The molecule has 0 radical (unpaired) electrons. The van der Waals surface area contributed by atoms with Crippen LogP contribution >= 0.6 is 11.3 Å². The molecule has 0 aliphatic rings. The molecular weight excluding hydrogens is 254 g/mol. The summed E-state index contributed by atoms with van der Waals surface area (Å²) in [5.41, 5.74) is 2.13. The molecule has 3 nitrogen and oxygen atoms in total. The van der Waals surface area contributed by atoms with Crippen molar-refractivity contribution < 1.29 is 4.57 Å². The fourth-order valence-corrected chi connectivity index (χ4v) is 2.53. The Bertz CT molecular complexity index is 579. The maximum Gasteiger partial charge on any atom is 0.191 e. The lowest BCUT2D eigenvalue weighted by molar-refractivity contribution is -0.688. The molecule has 0 spiro atoms. The van der Waals surface area contributed by atoms with Crippen molar-refractivity contribution in [3.05, 3.63) is 72.0 Å². The van der Waals surface area contributed by atoms with Crippen LogP contribution in [0, 0.1) is 0 Å². The van der Waals surface area contributed by atoms with Crippen molar-refractivity contribution in [2.45, 2.75) is 6.54 Å². The van der Waals surface area contributed by atoms with Crippen molar-refractivity contribution in [2.24, 2.45) is 0 Å². The van der Waals surface area contributed by atoms with Crippen molar-refractivity contribution in [1.82, 2.24) is 4.98 Å². The molecule has 2 aromatic heterocycles. The summed E-state index contributed by atoms with van der Waals surface area (Å²) >= 11 is 1.63. The van der Waals surface area contributed by atoms with Crippen LogP contribution in [0.25, 0.3) is 0 Å². The van der Waals surface area contributed by atoms with E-state index in [1.807, 2.05) is 60.9 Å². The second-order valence-electron chi connectivity index (χ2n) is 4.18. The van der Waals surface area contributed by atoms with Gasteiger partial charge in [0.2, 0.25) is 0 Å². The first-order valence-corrected chi connectivity index (χ1v) is 6.99. The zero-order chi connectivity index (χ0) is 12.9. The molecule has 2 heterocycles. The minimum absolute atomic E-state index is 0.799. The lowest BCUT2D eigenvalue weighted by atomic mass is 10.3. The fourth-order valence-electron chi connectivity index (χ4n) is 1.81. The van der Waals surface area contributed by atoms with Gasteiger partial charge in [-0.15, -0.1) is 11.3 Å². The Hall–Kier alpha value is -2.20. The quantitative estimate of drug-likeness (QED) is 0.736. The molecule has 0 saturated heterocycles. The van der Waals surface area contributed by atoms with E-state index in [1.165, 1.54) is 0 Å². The lowest BCUT2D eigenvalue weighted by Gasteiger charge is -2.00. The van der Waals surface area contributed by atoms with E-state index in [4.69, 9.17) is 0 Å². The highest BCUT2D eigenvalue weighted by Gasteiger charge is 2.06. The van der Waals surface area contributed by atoms with Crippen molar-refractivity contribution >= 4 is 22.2 Å². The number of pyridine rings is 1. The van der Waals surface area contributed by atoms with E-state index in [2.05, 4.69) is 20.2 Å². The highest BCUT2D eigenvalue weighted by molar-refractivity contribution is 7.13. The van der Waals surface area contributed by atoms with E-state index in [0.717, 1.165) is 23.1 Å². The molecule has 0 aliphatic heterocycles. The Kier molecular flexibility index (Phi) is 3.51. The summed E-state index contributed by atoms with van der Waals surface area (Å²) in [6.45, 7) is 0.799. The van der Waals surface area contributed by atoms with Crippen LogP contribution < -0.4 is 9.88 Å². The number of benzene rings is 1. The standard InChI is InChI=1S/C15H14N3S/c1-3-7-13(8-4-1)16-15-17-14(12-19-15)11-18-9-5-2-6-10-18/h1-10,12H,11H2,(H,16,17)/q+1. The third-order valence-corrected chi connectivity index (χ3v) is 3.51. The van der Waals surface area contributed by atoms with Crippen LogP contribution in [0.4, 0.5) is 10.8 Å². The summed E-state index contributed by atoms with van der Waals surface area (Å²) in [5, 5.41) is 6.33. The second kappa shape index (κ2) is 5.63. The molecule has 4 heteroatoms. The number of anilines is 2. The number of rotatable bonds is 4. The highest BCUT2D eigenvalue weighted by atomic mass is 32.1. The molecule has 1 aromatic carbocycles. The molecule has 0 unspecified atom stereocenters. The zero-order valence-corrected chi connectivity index (χ0v) is 11.2. The van der Waals surface area contributed by atoms with E-state index < -0.39 is 0 Å². The molecule has 0 amide bonds. The molecule has 0 saturated carbocycles. The Balaban J connectivity index is 1.70. The Labute approximate surface area is 116 Å². The maximum atomic E-state index is 4.59. The van der Waals surface area contributed by atoms with E-state index in [1.54, 1.807) is 11.3 Å². The van der Waals surface area contributed by atoms with Gasteiger partial charge in [0.15, 0.2) is 24.1 Å². The normalized spacial score (nSPS) is 10.3. The van der Waals surface area contributed by atoms with E-state index in [0.29, 0.717) is 0 Å². The molecule has 0 aliphatic carbocycles. The van der Waals surface area contributed by atoms with Crippen LogP contribution in [-0.2, 0) is 6.54 Å². The van der Waals surface area contributed by atoms with Gasteiger partial charge in [0.25, 0.3) is 0 Å². The van der Waals surface area contributed by atoms with Gasteiger partial charge in [-0.1, -0.05) is 24.3 Å². The number of hydrogen-bond acceptors (Lipinski definition) is 3. The van der Waals surface area contributed by atoms with E-state index in [-0.39, 0.29) is 0 Å². The number of nitrogens with one attached hydrogen (secondary N) is 1. The van der Waals surface area contributed by atoms with Gasteiger partial charge in [0, 0.05) is 23.2 Å². The van der Waals surface area contributed by atoms with Crippen LogP contribution in [0.1, 0.15) is 5.69 Å². The number of para-hydroxylation sites is 1. The van der Waals surface area contributed by atoms with Crippen LogP contribution in [0.5, 0.6) is 0 Å². The minimum atomic E-state index is 0.799. The van der Waals surface area contributed by atoms with E-state index in [9.17, 15) is 0 Å². The van der Waals surface area contributed by atoms with Gasteiger partial charge in [-0.05, 0) is 12.1 Å². The first kappa shape index (κ1) is 11.9. The third-order valence-electron chi connectivity index (χ3n) is 2.70. The first-order chi connectivity index (χ1) is 9.40. The molecule has 1 N–H and O–H groups in total. The van der Waals surface area contributed by atoms with Gasteiger partial charge in [-0.25, -0.2) is 4.98 Å². The zero-order valence-electron chi connectivity index (χ0n) is 10.4. The number of nitrogens with zero attached hydrogens (tertiary/aromatic N) is 2. The smallest absolute Gasteiger partial charge is 0.191 e. The molecule has 3 rings (SSSR count). The Morgan fingerprint density at radius 1 is 1.00 bits per heavy atom. The number of aromatic nitrogens is 2. The average molecular weight is 268 g/mol. The SMILES string of the molecule is c1ccc(Nc2nc(C[n+]3ccccc3)cs2)cc1. The summed E-state index contributed by atoms with van der Waals surface area (Å²) in [7, 11) is 0. The van der Waals surface area contributed by atoms with Gasteiger partial charge in [0.1, 0.15) is 5.69 Å². The van der Waals surface area contributed by atoms with Crippen molar-refractivity contribution in [3.8, 4) is 0 Å². The van der Waals surface area contributed by atoms with Crippen LogP contribution in [0.2, 0.25) is 0 Å². The molecular formula is C15H14N3S+. The van der Waals surface area contributed by atoms with Gasteiger partial charge in [-0.3, -0.25) is 0 Å². The fraction of sp³-hybridized carbons (Fsp3) is 0.0667. The van der Waals surface area contributed by atoms with Crippen LogP contribution in [-0.4, -0.2) is 4.98 Å². The average Bonchev–Trinajstić information content (AvgIpc) is 2.88. The maximum absolute atomic E-state index is 4.59. The van der Waals surface area contributed by atoms with Gasteiger partial charge >= 0.3 is 0 Å². The van der Waals surface area contributed by atoms with Crippen LogP contribution in [0.3, 0.4) is 0 Å². The lowest BCUT2D eigenvalue weighted by Crippen LogP contribution is -2.32. The predicted molar refractivity (Wildman–Crippen MR) is 77.6 cm³/mol. The first-order valence-electron chi connectivity index (χ1n) is 6.11. The van der Waals surface area contributed by atoms with Gasteiger partial charge in [-0.2, -0.15) is 4.57 Å². The molecule has 94 valence electrons. The highest BCUT2D eigenvalue weighted by Crippen LogP contribution is 2.20. The molecule has 0 bridgehead atoms. The Morgan fingerprint density at radius 3 is 2.53 bits per heavy atom. The van der Waals surface area contributed by atoms with Crippen molar-refractivity contribution in [1.29, 1.82) is 0 Å². The third kappa shape index (κ3) is 3.17. The molecule has 3 aromatic rings. The summed E-state index contributed by atoms with van der Waals surface area (Å²) in [4.78, 5) is 4.59. The predicted octanol–water partition coefficient (Wildman–Crippen LogP) is 3.22. The Morgan fingerprint density at radius 2 is 1.74 bits per heavy atom. The summed E-state index contributed by atoms with van der Waals surface area (Å²) < 4.78 is 2.11. The van der Waals surface area contributed by atoms with Crippen LogP contribution in [0.15, 0.2) is 66.3 Å². The summed E-state index contributed by atoms with van der Waals surface area (Å²) in [6, 6.07) is 16.2. The van der Waals surface area contributed by atoms with Crippen molar-refractivity contribution in [3.63, 3.8) is 0 Å². The molecule has 19 heavy (non-hydrogen) atoms. The second-order valence-corrected chi connectivity index (χ2v) is 5.04. The summed E-state index contributed by atoms with van der Waals surface area (Å²) in [6.07, 6.45) is 4.09. The van der Waals surface area contributed by atoms with E-state index >= 15 is 0 Å². The molecule has 0 atom stereocenters. The topological polar surface area (TPSA) is 28.8 Å². The van der Waals surface area contributed by atoms with Gasteiger partial charge in [0.05, 0.1) is 0 Å².